The molecule has 3 amide bonds. The van der Waals surface area contributed by atoms with Gasteiger partial charge in [0.25, 0.3) is 0 Å². The normalized spacial score (nSPS) is 16.3. The molecule has 3 N–H and O–H groups in total. The molecule has 1 unspecified atom stereocenters. The summed E-state index contributed by atoms with van der Waals surface area (Å²) in [6.07, 6.45) is 0.441. The van der Waals surface area contributed by atoms with Gasteiger partial charge in [0.2, 0.25) is 5.91 Å². The highest BCUT2D eigenvalue weighted by Gasteiger charge is 2.25. The van der Waals surface area contributed by atoms with Crippen LogP contribution in [0.2, 0.25) is 0 Å². The van der Waals surface area contributed by atoms with Gasteiger partial charge in [0, 0.05) is 13.1 Å². The summed E-state index contributed by atoms with van der Waals surface area (Å²) in [6.45, 7) is 0.919. The highest BCUT2D eigenvalue weighted by atomic mass is 32.2. The van der Waals surface area contributed by atoms with Crippen LogP contribution in [0.3, 0.4) is 0 Å². The van der Waals surface area contributed by atoms with Crippen molar-refractivity contribution in [2.75, 3.05) is 31.7 Å². The number of nitrogens with one attached hydrogen (secondary N) is 1. The number of carbonyl (C=O) groups excluding carboxylic acids is 3. The van der Waals surface area contributed by atoms with Crippen LogP contribution in [-0.2, 0) is 14.3 Å². The molecule has 8 heteroatoms. The molecule has 7 nitrogen and oxygen atoms in total. The summed E-state index contributed by atoms with van der Waals surface area (Å²) < 4.78 is 4.48. The van der Waals surface area contributed by atoms with Crippen LogP contribution in [0.1, 0.15) is 6.42 Å². The number of nitrogens with two attached hydrogens (primary N) is 1. The van der Waals surface area contributed by atoms with E-state index in [1.807, 2.05) is 0 Å². The Balaban J connectivity index is 2.16. The highest BCUT2D eigenvalue weighted by molar-refractivity contribution is 7.99. The van der Waals surface area contributed by atoms with Crippen LogP contribution in [0.25, 0.3) is 0 Å². The molecule has 0 bridgehead atoms. The van der Waals surface area contributed by atoms with Gasteiger partial charge in [-0.15, -0.1) is 0 Å². The summed E-state index contributed by atoms with van der Waals surface area (Å²) in [6, 6.07) is -1.00. The number of imide groups is 1. The molecule has 0 spiro atoms. The van der Waals surface area contributed by atoms with E-state index in [-0.39, 0.29) is 17.7 Å². The first-order chi connectivity index (χ1) is 8.56. The smallest absolute Gasteiger partial charge is 0.324 e. The molecule has 1 fully saturated rings. The number of nitrogens with zero attached hydrogens (tertiary/aromatic N) is 1. The van der Waals surface area contributed by atoms with Gasteiger partial charge >= 0.3 is 12.0 Å². The molecule has 0 aromatic carbocycles. The quantitative estimate of drug-likeness (QED) is 0.484. The predicted molar refractivity (Wildman–Crippen MR) is 67.0 cm³/mol. The number of carbonyl (C=O) groups is 3. The number of amides is 3. The van der Waals surface area contributed by atoms with Crippen molar-refractivity contribution in [2.24, 2.45) is 5.73 Å². The van der Waals surface area contributed by atoms with Crippen LogP contribution in [0, 0.1) is 0 Å². The van der Waals surface area contributed by atoms with Gasteiger partial charge in [-0.3, -0.25) is 14.5 Å². The fourth-order valence-corrected chi connectivity index (χ4v) is 2.32. The molecular formula is C10H17N3O4S. The Morgan fingerprint density at radius 3 is 2.89 bits per heavy atom. The Morgan fingerprint density at radius 1 is 1.61 bits per heavy atom. The molecule has 1 saturated heterocycles. The second-order valence-electron chi connectivity index (χ2n) is 3.75. The van der Waals surface area contributed by atoms with Gasteiger partial charge in [-0.25, -0.2) is 4.79 Å². The van der Waals surface area contributed by atoms with E-state index < -0.39 is 12.0 Å². The monoisotopic (exact) mass is 275 g/mol. The molecule has 1 rings (SSSR count). The Bertz CT molecular complexity index is 337. The molecule has 0 saturated carbocycles. The van der Waals surface area contributed by atoms with Crippen molar-refractivity contribution in [2.45, 2.75) is 12.5 Å². The van der Waals surface area contributed by atoms with Crippen molar-refractivity contribution in [3.8, 4) is 0 Å². The lowest BCUT2D eigenvalue weighted by atomic mass is 10.2. The second kappa shape index (κ2) is 7.22. The van der Waals surface area contributed by atoms with Crippen LogP contribution >= 0.6 is 11.8 Å². The lowest BCUT2D eigenvalue weighted by Crippen LogP contribution is -2.35. The van der Waals surface area contributed by atoms with Gasteiger partial charge in [-0.2, -0.15) is 11.8 Å². The van der Waals surface area contributed by atoms with E-state index in [2.05, 4.69) is 10.1 Å². The zero-order valence-corrected chi connectivity index (χ0v) is 11.0. The lowest BCUT2D eigenvalue weighted by Gasteiger charge is -2.12. The predicted octanol–water partition coefficient (Wildman–Crippen LogP) is -0.838. The Hall–Kier alpha value is -1.28. The molecule has 0 aliphatic carbocycles. The topological polar surface area (TPSA) is 102 Å². The third-order valence-corrected chi connectivity index (χ3v) is 3.44. The molecule has 102 valence electrons. The van der Waals surface area contributed by atoms with Crippen LogP contribution < -0.4 is 11.1 Å². The van der Waals surface area contributed by atoms with Crippen molar-refractivity contribution in [3.05, 3.63) is 0 Å². The van der Waals surface area contributed by atoms with Gasteiger partial charge in [0.05, 0.1) is 12.9 Å². The van der Waals surface area contributed by atoms with Gasteiger partial charge in [0.1, 0.15) is 6.04 Å². The minimum atomic E-state index is -0.660. The number of hydrogen-bond acceptors (Lipinski definition) is 6. The van der Waals surface area contributed by atoms with E-state index in [0.29, 0.717) is 25.3 Å². The molecule has 1 heterocycles. The minimum absolute atomic E-state index is 0.210. The van der Waals surface area contributed by atoms with E-state index >= 15 is 0 Å². The summed E-state index contributed by atoms with van der Waals surface area (Å²) in [5, 5.41) is 2.56. The molecule has 18 heavy (non-hydrogen) atoms. The molecule has 1 aliphatic heterocycles. The Labute approximate surface area is 109 Å². The highest BCUT2D eigenvalue weighted by Crippen LogP contribution is 2.08. The van der Waals surface area contributed by atoms with E-state index in [1.54, 1.807) is 0 Å². The van der Waals surface area contributed by atoms with Crippen molar-refractivity contribution < 1.29 is 19.1 Å². The van der Waals surface area contributed by atoms with Crippen molar-refractivity contribution >= 4 is 29.7 Å². The zero-order valence-electron chi connectivity index (χ0n) is 10.2. The fourth-order valence-electron chi connectivity index (χ4n) is 1.43. The fraction of sp³-hybridized carbons (Fsp3) is 0.700. The maximum atomic E-state index is 11.6. The third kappa shape index (κ3) is 4.19. The number of esters is 1. The summed E-state index contributed by atoms with van der Waals surface area (Å²) in [7, 11) is 1.28. The Morgan fingerprint density at radius 2 is 2.33 bits per heavy atom. The average Bonchev–Trinajstić information content (AvgIpc) is 2.79. The SMILES string of the molecule is COC(=O)C(N)CCSCC(=O)N1CCNC1=O. The van der Waals surface area contributed by atoms with Gasteiger partial charge in [0.15, 0.2) is 0 Å². The maximum Gasteiger partial charge on any atom is 0.324 e. The summed E-state index contributed by atoms with van der Waals surface area (Å²) in [5.74, 6) is 0.0983. The van der Waals surface area contributed by atoms with Crippen LogP contribution in [-0.4, -0.2) is 60.6 Å². The molecular weight excluding hydrogens is 258 g/mol. The van der Waals surface area contributed by atoms with E-state index in [0.717, 1.165) is 0 Å². The number of urea groups is 1. The molecule has 1 atom stereocenters. The number of ether oxygens (including phenoxy) is 1. The molecule has 0 radical (unpaired) electrons. The molecule has 0 aromatic rings. The van der Waals surface area contributed by atoms with Crippen LogP contribution in [0.5, 0.6) is 0 Å². The van der Waals surface area contributed by atoms with E-state index in [9.17, 15) is 14.4 Å². The van der Waals surface area contributed by atoms with Crippen molar-refractivity contribution in [1.29, 1.82) is 0 Å². The first-order valence-corrected chi connectivity index (χ1v) is 6.71. The van der Waals surface area contributed by atoms with E-state index in [4.69, 9.17) is 5.73 Å². The average molecular weight is 275 g/mol. The minimum Gasteiger partial charge on any atom is -0.468 e. The standard InChI is InChI=1S/C10H17N3O4S/c1-17-9(15)7(11)2-5-18-6-8(14)13-4-3-12-10(13)16/h7H,2-6,11H2,1H3,(H,12,16). The van der Waals surface area contributed by atoms with Crippen molar-refractivity contribution in [3.63, 3.8) is 0 Å². The van der Waals surface area contributed by atoms with Gasteiger partial charge < -0.3 is 15.8 Å². The summed E-state index contributed by atoms with van der Waals surface area (Å²) in [4.78, 5) is 35.0. The van der Waals surface area contributed by atoms with Gasteiger partial charge in [-0.1, -0.05) is 0 Å². The second-order valence-corrected chi connectivity index (χ2v) is 4.85. The number of methoxy groups -OCH3 is 1. The van der Waals surface area contributed by atoms with Crippen LogP contribution in [0.4, 0.5) is 4.79 Å². The van der Waals surface area contributed by atoms with E-state index in [1.165, 1.54) is 23.8 Å². The number of thioether (sulfide) groups is 1. The zero-order chi connectivity index (χ0) is 13.5. The van der Waals surface area contributed by atoms with Crippen molar-refractivity contribution in [1.82, 2.24) is 10.2 Å². The summed E-state index contributed by atoms with van der Waals surface area (Å²) >= 11 is 1.35. The lowest BCUT2D eigenvalue weighted by molar-refractivity contribution is -0.142. The van der Waals surface area contributed by atoms with Gasteiger partial charge in [-0.05, 0) is 12.2 Å². The third-order valence-electron chi connectivity index (χ3n) is 2.46. The first-order valence-electron chi connectivity index (χ1n) is 5.55. The molecule has 1 aliphatic rings. The van der Waals surface area contributed by atoms with Crippen LogP contribution in [0.15, 0.2) is 0 Å². The number of rotatable bonds is 6. The molecule has 0 aromatic heterocycles. The Kier molecular flexibility index (Phi) is 5.93. The maximum absolute atomic E-state index is 11.6. The largest absolute Gasteiger partial charge is 0.468 e. The summed E-state index contributed by atoms with van der Waals surface area (Å²) in [5.41, 5.74) is 5.54. The first kappa shape index (κ1) is 14.8. The number of hydrogen-bond donors (Lipinski definition) is 2.